The summed E-state index contributed by atoms with van der Waals surface area (Å²) in [5.74, 6) is 1.31. The molecule has 2 atom stereocenters. The molecule has 0 bridgehead atoms. The zero-order valence-corrected chi connectivity index (χ0v) is 15.2. The van der Waals surface area contributed by atoms with Crippen LogP contribution >= 0.6 is 0 Å². The average molecular weight is 377 g/mol. The molecule has 28 heavy (non-hydrogen) atoms. The lowest BCUT2D eigenvalue weighted by atomic mass is 10.2. The standard InChI is InChI=1S/C21H19N3O4/c1-13-11-19(24-28-13)23-21(26)18-12-17(18)20(25)22-14-7-9-16(10-8-14)27-15-5-3-2-4-6-15/h2-11,17-18H,12H2,1H3,(H,22,25)(H,23,24,26). The van der Waals surface area contributed by atoms with Gasteiger partial charge in [0.2, 0.25) is 11.8 Å². The van der Waals surface area contributed by atoms with Gasteiger partial charge in [-0.15, -0.1) is 0 Å². The maximum Gasteiger partial charge on any atom is 0.229 e. The Morgan fingerprint density at radius 3 is 2.25 bits per heavy atom. The molecule has 2 N–H and O–H groups in total. The van der Waals surface area contributed by atoms with Crippen LogP contribution in [0, 0.1) is 18.8 Å². The summed E-state index contributed by atoms with van der Waals surface area (Å²) in [5, 5.41) is 9.23. The first-order chi connectivity index (χ1) is 13.6. The fraction of sp³-hybridized carbons (Fsp3) is 0.190. The minimum Gasteiger partial charge on any atom is -0.457 e. The van der Waals surface area contributed by atoms with Gasteiger partial charge in [0.1, 0.15) is 17.3 Å². The van der Waals surface area contributed by atoms with Gasteiger partial charge in [0.15, 0.2) is 5.82 Å². The minimum absolute atomic E-state index is 0.173. The third-order valence-electron chi connectivity index (χ3n) is 4.44. The van der Waals surface area contributed by atoms with Gasteiger partial charge in [-0.25, -0.2) is 0 Å². The second-order valence-corrected chi connectivity index (χ2v) is 6.69. The lowest BCUT2D eigenvalue weighted by molar-refractivity contribution is -0.122. The lowest BCUT2D eigenvalue weighted by Gasteiger charge is -2.08. The van der Waals surface area contributed by atoms with Crippen LogP contribution in [0.3, 0.4) is 0 Å². The number of nitrogens with zero attached hydrogens (tertiary/aromatic N) is 1. The van der Waals surface area contributed by atoms with E-state index in [2.05, 4.69) is 15.8 Å². The lowest BCUT2D eigenvalue weighted by Crippen LogP contribution is -2.20. The van der Waals surface area contributed by atoms with E-state index in [-0.39, 0.29) is 23.7 Å². The molecule has 1 saturated carbocycles. The summed E-state index contributed by atoms with van der Waals surface area (Å²) in [5.41, 5.74) is 0.656. The fourth-order valence-electron chi connectivity index (χ4n) is 2.88. The number of rotatable bonds is 6. The van der Waals surface area contributed by atoms with E-state index in [1.165, 1.54) is 0 Å². The maximum absolute atomic E-state index is 12.4. The normalized spacial score (nSPS) is 17.6. The first kappa shape index (κ1) is 17.8. The van der Waals surface area contributed by atoms with E-state index in [9.17, 15) is 9.59 Å². The summed E-state index contributed by atoms with van der Waals surface area (Å²) >= 11 is 0. The summed E-state index contributed by atoms with van der Waals surface area (Å²) in [4.78, 5) is 24.5. The largest absolute Gasteiger partial charge is 0.457 e. The molecule has 3 aromatic rings. The fourth-order valence-corrected chi connectivity index (χ4v) is 2.88. The van der Waals surface area contributed by atoms with Gasteiger partial charge in [-0.2, -0.15) is 0 Å². The molecule has 0 radical (unpaired) electrons. The van der Waals surface area contributed by atoms with E-state index in [4.69, 9.17) is 9.26 Å². The van der Waals surface area contributed by atoms with Crippen LogP contribution in [0.25, 0.3) is 0 Å². The van der Waals surface area contributed by atoms with Crippen LogP contribution < -0.4 is 15.4 Å². The number of hydrogen-bond acceptors (Lipinski definition) is 5. The molecule has 1 aliphatic rings. The maximum atomic E-state index is 12.4. The van der Waals surface area contributed by atoms with Gasteiger partial charge >= 0.3 is 0 Å². The molecule has 0 saturated heterocycles. The van der Waals surface area contributed by atoms with Gasteiger partial charge in [0.25, 0.3) is 0 Å². The van der Waals surface area contributed by atoms with Crippen molar-refractivity contribution in [1.82, 2.24) is 5.16 Å². The number of ether oxygens (including phenoxy) is 1. The van der Waals surface area contributed by atoms with Crippen LogP contribution in [0.2, 0.25) is 0 Å². The van der Waals surface area contributed by atoms with Gasteiger partial charge in [0.05, 0.1) is 11.8 Å². The molecule has 4 rings (SSSR count). The molecule has 2 aromatic carbocycles. The van der Waals surface area contributed by atoms with Crippen molar-refractivity contribution in [3.63, 3.8) is 0 Å². The molecule has 7 heteroatoms. The smallest absolute Gasteiger partial charge is 0.229 e. The number of nitrogens with one attached hydrogen (secondary N) is 2. The SMILES string of the molecule is Cc1cc(NC(=O)C2CC2C(=O)Nc2ccc(Oc3ccccc3)cc2)no1. The summed E-state index contributed by atoms with van der Waals surface area (Å²) in [6, 6.07) is 18.2. The molecule has 1 aliphatic carbocycles. The van der Waals surface area contributed by atoms with Crippen LogP contribution in [-0.4, -0.2) is 17.0 Å². The number of carbonyl (C=O) groups is 2. The number of aryl methyl sites for hydroxylation is 1. The molecule has 0 aliphatic heterocycles. The van der Waals surface area contributed by atoms with Gasteiger partial charge in [0, 0.05) is 11.8 Å². The van der Waals surface area contributed by atoms with Crippen LogP contribution in [0.15, 0.2) is 65.2 Å². The van der Waals surface area contributed by atoms with Crippen LogP contribution in [0.1, 0.15) is 12.2 Å². The molecule has 0 spiro atoms. The predicted octanol–water partition coefficient (Wildman–Crippen LogP) is 3.99. The number of hydrogen-bond donors (Lipinski definition) is 2. The topological polar surface area (TPSA) is 93.5 Å². The quantitative estimate of drug-likeness (QED) is 0.677. The van der Waals surface area contributed by atoms with Crippen molar-refractivity contribution in [3.05, 3.63) is 66.4 Å². The van der Waals surface area contributed by atoms with Crippen LogP contribution in [0.5, 0.6) is 11.5 Å². The Balaban J connectivity index is 1.29. The van der Waals surface area contributed by atoms with Gasteiger partial charge in [-0.05, 0) is 49.7 Å². The first-order valence-electron chi connectivity index (χ1n) is 8.96. The monoisotopic (exact) mass is 377 g/mol. The van der Waals surface area contributed by atoms with Crippen molar-refractivity contribution in [1.29, 1.82) is 0 Å². The Hall–Kier alpha value is -3.61. The van der Waals surface area contributed by atoms with Crippen molar-refractivity contribution in [2.45, 2.75) is 13.3 Å². The zero-order valence-electron chi connectivity index (χ0n) is 15.2. The number of anilines is 2. The van der Waals surface area contributed by atoms with Crippen molar-refractivity contribution in [2.24, 2.45) is 11.8 Å². The van der Waals surface area contributed by atoms with E-state index >= 15 is 0 Å². The molecular weight excluding hydrogens is 358 g/mol. The highest BCUT2D eigenvalue weighted by Crippen LogP contribution is 2.40. The highest BCUT2D eigenvalue weighted by molar-refractivity contribution is 6.02. The molecule has 1 heterocycles. The Kier molecular flexibility index (Phi) is 4.80. The van der Waals surface area contributed by atoms with E-state index in [1.807, 2.05) is 30.3 Å². The van der Waals surface area contributed by atoms with Gasteiger partial charge in [-0.3, -0.25) is 9.59 Å². The highest BCUT2D eigenvalue weighted by atomic mass is 16.5. The molecular formula is C21H19N3O4. The second kappa shape index (κ2) is 7.56. The minimum atomic E-state index is -0.349. The van der Waals surface area contributed by atoms with E-state index in [1.54, 1.807) is 37.3 Å². The number of para-hydroxylation sites is 1. The number of aromatic nitrogens is 1. The third-order valence-corrected chi connectivity index (χ3v) is 4.44. The number of carbonyl (C=O) groups excluding carboxylic acids is 2. The Labute approximate surface area is 161 Å². The van der Waals surface area contributed by atoms with E-state index in [0.29, 0.717) is 29.4 Å². The molecule has 2 amide bonds. The Bertz CT molecular complexity index is 982. The summed E-state index contributed by atoms with van der Waals surface area (Å²) in [6.07, 6.45) is 0.518. The van der Waals surface area contributed by atoms with Crippen molar-refractivity contribution in [2.75, 3.05) is 10.6 Å². The van der Waals surface area contributed by atoms with Crippen LogP contribution in [-0.2, 0) is 9.59 Å². The van der Waals surface area contributed by atoms with Crippen molar-refractivity contribution < 1.29 is 18.8 Å². The predicted molar refractivity (Wildman–Crippen MR) is 103 cm³/mol. The Morgan fingerprint density at radius 2 is 1.61 bits per heavy atom. The second-order valence-electron chi connectivity index (χ2n) is 6.69. The molecule has 2 unspecified atom stereocenters. The molecule has 7 nitrogen and oxygen atoms in total. The average Bonchev–Trinajstić information content (AvgIpc) is 3.41. The van der Waals surface area contributed by atoms with Crippen LogP contribution in [0.4, 0.5) is 11.5 Å². The van der Waals surface area contributed by atoms with E-state index in [0.717, 1.165) is 5.75 Å². The van der Waals surface area contributed by atoms with Gasteiger partial charge < -0.3 is 19.9 Å². The number of benzene rings is 2. The molecule has 1 fully saturated rings. The summed E-state index contributed by atoms with van der Waals surface area (Å²) in [6.45, 7) is 1.74. The molecule has 142 valence electrons. The van der Waals surface area contributed by atoms with Gasteiger partial charge in [-0.1, -0.05) is 23.4 Å². The summed E-state index contributed by atoms with van der Waals surface area (Å²) < 4.78 is 10.6. The summed E-state index contributed by atoms with van der Waals surface area (Å²) in [7, 11) is 0. The first-order valence-corrected chi connectivity index (χ1v) is 8.96. The highest BCUT2D eigenvalue weighted by Gasteiger charge is 2.48. The van der Waals surface area contributed by atoms with Crippen molar-refractivity contribution >= 4 is 23.3 Å². The Morgan fingerprint density at radius 1 is 0.964 bits per heavy atom. The third kappa shape index (κ3) is 4.20. The van der Waals surface area contributed by atoms with Crippen molar-refractivity contribution in [3.8, 4) is 11.5 Å². The van der Waals surface area contributed by atoms with E-state index < -0.39 is 0 Å². The molecule has 1 aromatic heterocycles. The zero-order chi connectivity index (χ0) is 19.5. The number of amides is 2.